The van der Waals surface area contributed by atoms with Gasteiger partial charge in [0.1, 0.15) is 0 Å². The summed E-state index contributed by atoms with van der Waals surface area (Å²) in [6.07, 6.45) is 7.29. The minimum Gasteiger partial charge on any atom is -0.396 e. The van der Waals surface area contributed by atoms with E-state index in [1.54, 1.807) is 0 Å². The quantitative estimate of drug-likeness (QED) is 0.248. The average Bonchev–Trinajstić information content (AvgIpc) is 3.16. The number of unbranched alkanes of at least 4 members (excludes halogenated alkanes) is 3. The highest BCUT2D eigenvalue weighted by atomic mass is 127. The van der Waals surface area contributed by atoms with Crippen LogP contribution >= 0.6 is 24.0 Å². The van der Waals surface area contributed by atoms with Gasteiger partial charge in [-0.15, -0.1) is 24.0 Å². The molecule has 0 radical (unpaired) electrons. The Kier molecular flexibility index (Phi) is 10.7. The number of hydrogen-bond acceptors (Lipinski definition) is 2. The SMILES string of the molecule is CCCCCCNC(=NCC1(CO)CC1)NCC.I. The summed E-state index contributed by atoms with van der Waals surface area (Å²) in [5, 5.41) is 15.9. The Bertz CT molecular complexity index is 255. The summed E-state index contributed by atoms with van der Waals surface area (Å²) in [6.45, 7) is 7.18. The highest BCUT2D eigenvalue weighted by Crippen LogP contribution is 2.45. The van der Waals surface area contributed by atoms with Gasteiger partial charge in [0.15, 0.2) is 5.96 Å². The monoisotopic (exact) mass is 383 g/mol. The molecule has 0 atom stereocenters. The first-order valence-electron chi connectivity index (χ1n) is 7.39. The van der Waals surface area contributed by atoms with Gasteiger partial charge in [0.25, 0.3) is 0 Å². The fraction of sp³-hybridized carbons (Fsp3) is 0.929. The summed E-state index contributed by atoms with van der Waals surface area (Å²) in [6, 6.07) is 0. The number of nitrogens with zero attached hydrogens (tertiary/aromatic N) is 1. The van der Waals surface area contributed by atoms with Crippen molar-refractivity contribution in [1.82, 2.24) is 10.6 Å². The van der Waals surface area contributed by atoms with Gasteiger partial charge in [-0.25, -0.2) is 0 Å². The van der Waals surface area contributed by atoms with Crippen molar-refractivity contribution >= 4 is 29.9 Å². The molecule has 0 saturated heterocycles. The van der Waals surface area contributed by atoms with E-state index in [0.717, 1.165) is 38.4 Å². The predicted molar refractivity (Wildman–Crippen MR) is 92.3 cm³/mol. The van der Waals surface area contributed by atoms with Crippen LogP contribution in [0.2, 0.25) is 0 Å². The zero-order valence-corrected chi connectivity index (χ0v) is 14.7. The van der Waals surface area contributed by atoms with Gasteiger partial charge < -0.3 is 15.7 Å². The molecule has 0 aromatic heterocycles. The van der Waals surface area contributed by atoms with Crippen LogP contribution in [0, 0.1) is 5.41 Å². The van der Waals surface area contributed by atoms with Crippen molar-refractivity contribution in [2.75, 3.05) is 26.2 Å². The number of guanidine groups is 1. The molecular formula is C14H30IN3O. The molecule has 5 heteroatoms. The molecule has 3 N–H and O–H groups in total. The summed E-state index contributed by atoms with van der Waals surface area (Å²) in [5.41, 5.74) is 0.102. The average molecular weight is 383 g/mol. The van der Waals surface area contributed by atoms with Crippen LogP contribution in [0.25, 0.3) is 0 Å². The molecule has 4 nitrogen and oxygen atoms in total. The molecule has 0 aromatic rings. The van der Waals surface area contributed by atoms with Crippen LogP contribution in [0.5, 0.6) is 0 Å². The van der Waals surface area contributed by atoms with Gasteiger partial charge in [0.05, 0.1) is 13.2 Å². The van der Waals surface area contributed by atoms with E-state index in [1.165, 1.54) is 25.7 Å². The van der Waals surface area contributed by atoms with Gasteiger partial charge in [-0.2, -0.15) is 0 Å². The van der Waals surface area contributed by atoms with E-state index < -0.39 is 0 Å². The van der Waals surface area contributed by atoms with Gasteiger partial charge in [-0.1, -0.05) is 26.2 Å². The van der Waals surface area contributed by atoms with E-state index >= 15 is 0 Å². The van der Waals surface area contributed by atoms with E-state index in [2.05, 4.69) is 29.5 Å². The molecule has 0 aliphatic heterocycles. The fourth-order valence-corrected chi connectivity index (χ4v) is 1.89. The molecule has 1 saturated carbocycles. The summed E-state index contributed by atoms with van der Waals surface area (Å²) < 4.78 is 0. The van der Waals surface area contributed by atoms with Crippen molar-refractivity contribution in [2.24, 2.45) is 10.4 Å². The molecule has 0 amide bonds. The van der Waals surface area contributed by atoms with E-state index in [9.17, 15) is 5.11 Å². The summed E-state index contributed by atoms with van der Waals surface area (Å²) >= 11 is 0. The third kappa shape index (κ3) is 7.97. The van der Waals surface area contributed by atoms with E-state index in [0.29, 0.717) is 0 Å². The Morgan fingerprint density at radius 1 is 1.16 bits per heavy atom. The summed E-state index contributed by atoms with van der Waals surface area (Å²) in [5.74, 6) is 0.897. The molecule has 1 fully saturated rings. The Morgan fingerprint density at radius 3 is 2.42 bits per heavy atom. The van der Waals surface area contributed by atoms with Crippen molar-refractivity contribution in [3.8, 4) is 0 Å². The summed E-state index contributed by atoms with van der Waals surface area (Å²) in [7, 11) is 0. The highest BCUT2D eigenvalue weighted by molar-refractivity contribution is 14.0. The van der Waals surface area contributed by atoms with Crippen LogP contribution in [0.4, 0.5) is 0 Å². The third-order valence-electron chi connectivity index (χ3n) is 3.53. The molecule has 0 heterocycles. The number of aliphatic hydroxyl groups is 1. The smallest absolute Gasteiger partial charge is 0.191 e. The lowest BCUT2D eigenvalue weighted by atomic mass is 10.1. The van der Waals surface area contributed by atoms with Crippen LogP contribution < -0.4 is 10.6 Å². The first-order valence-corrected chi connectivity index (χ1v) is 7.39. The number of nitrogens with one attached hydrogen (secondary N) is 2. The van der Waals surface area contributed by atoms with Crippen molar-refractivity contribution in [1.29, 1.82) is 0 Å². The lowest BCUT2D eigenvalue weighted by Crippen LogP contribution is -2.38. The molecule has 0 aromatic carbocycles. The van der Waals surface area contributed by atoms with Gasteiger partial charge in [0.2, 0.25) is 0 Å². The molecule has 0 spiro atoms. The van der Waals surface area contributed by atoms with Crippen molar-refractivity contribution < 1.29 is 5.11 Å². The Hall–Kier alpha value is -0.0400. The van der Waals surface area contributed by atoms with Crippen LogP contribution in [-0.2, 0) is 0 Å². The third-order valence-corrected chi connectivity index (χ3v) is 3.53. The second-order valence-corrected chi connectivity index (χ2v) is 5.34. The van der Waals surface area contributed by atoms with Gasteiger partial charge in [-0.05, 0) is 26.2 Å². The highest BCUT2D eigenvalue weighted by Gasteiger charge is 2.41. The number of aliphatic hydroxyl groups excluding tert-OH is 1. The lowest BCUT2D eigenvalue weighted by Gasteiger charge is -2.13. The maximum Gasteiger partial charge on any atom is 0.191 e. The van der Waals surface area contributed by atoms with Crippen LogP contribution in [0.15, 0.2) is 4.99 Å². The zero-order valence-electron chi connectivity index (χ0n) is 12.4. The Labute approximate surface area is 134 Å². The first kappa shape index (κ1) is 19.0. The van der Waals surface area contributed by atoms with Crippen molar-refractivity contribution in [3.05, 3.63) is 0 Å². The van der Waals surface area contributed by atoms with E-state index in [-0.39, 0.29) is 36.0 Å². The number of halogens is 1. The second kappa shape index (κ2) is 10.7. The van der Waals surface area contributed by atoms with E-state index in [4.69, 9.17) is 0 Å². The van der Waals surface area contributed by atoms with Crippen LogP contribution in [0.3, 0.4) is 0 Å². The van der Waals surface area contributed by atoms with Gasteiger partial charge >= 0.3 is 0 Å². The molecule has 1 aliphatic rings. The molecule has 0 bridgehead atoms. The first-order chi connectivity index (χ1) is 8.76. The zero-order chi connectivity index (χ0) is 13.3. The summed E-state index contributed by atoms with van der Waals surface area (Å²) in [4.78, 5) is 4.57. The van der Waals surface area contributed by atoms with Crippen molar-refractivity contribution in [2.45, 2.75) is 52.4 Å². The maximum absolute atomic E-state index is 9.26. The van der Waals surface area contributed by atoms with Gasteiger partial charge in [-0.3, -0.25) is 4.99 Å². The Balaban J connectivity index is 0.00000324. The number of aliphatic imine (C=N–C) groups is 1. The molecule has 19 heavy (non-hydrogen) atoms. The molecule has 1 rings (SSSR count). The predicted octanol–water partition coefficient (Wildman–Crippen LogP) is 2.51. The standard InChI is InChI=1S/C14H29N3O.HI/c1-3-5-6-7-10-16-13(15-4-2)17-11-14(12-18)8-9-14;/h18H,3-12H2,1-2H3,(H2,15,16,17);1H. The van der Waals surface area contributed by atoms with E-state index in [1.807, 2.05) is 0 Å². The molecular weight excluding hydrogens is 353 g/mol. The minimum atomic E-state index is 0. The minimum absolute atomic E-state index is 0. The second-order valence-electron chi connectivity index (χ2n) is 5.34. The number of rotatable bonds is 9. The maximum atomic E-state index is 9.26. The molecule has 0 unspecified atom stereocenters. The fourth-order valence-electron chi connectivity index (χ4n) is 1.89. The Morgan fingerprint density at radius 2 is 1.89 bits per heavy atom. The normalized spacial score (nSPS) is 16.7. The largest absolute Gasteiger partial charge is 0.396 e. The topological polar surface area (TPSA) is 56.7 Å². The lowest BCUT2D eigenvalue weighted by molar-refractivity contribution is 0.217. The molecule has 1 aliphatic carbocycles. The molecule has 114 valence electrons. The van der Waals surface area contributed by atoms with Crippen LogP contribution in [0.1, 0.15) is 52.4 Å². The van der Waals surface area contributed by atoms with Gasteiger partial charge in [0, 0.05) is 18.5 Å². The van der Waals surface area contributed by atoms with Crippen LogP contribution in [-0.4, -0.2) is 37.3 Å². The van der Waals surface area contributed by atoms with Crippen molar-refractivity contribution in [3.63, 3.8) is 0 Å². The number of hydrogen-bond donors (Lipinski definition) is 3.